The molecule has 1 aromatic carbocycles. The molecule has 1 N–H and O–H groups in total. The van der Waals surface area contributed by atoms with Gasteiger partial charge in [-0.3, -0.25) is 0 Å². The van der Waals surface area contributed by atoms with Gasteiger partial charge in [0, 0.05) is 24.3 Å². The zero-order valence-corrected chi connectivity index (χ0v) is 11.8. The van der Waals surface area contributed by atoms with Gasteiger partial charge in [0.15, 0.2) is 0 Å². The van der Waals surface area contributed by atoms with Crippen LogP contribution in [0, 0.1) is 5.82 Å². The van der Waals surface area contributed by atoms with Crippen LogP contribution in [0.5, 0.6) is 0 Å². The molecule has 0 aliphatic rings. The van der Waals surface area contributed by atoms with E-state index in [2.05, 4.69) is 5.32 Å². The van der Waals surface area contributed by atoms with Crippen LogP contribution < -0.4 is 5.32 Å². The molecule has 1 atom stereocenters. The Morgan fingerprint density at radius 3 is 2.89 bits per heavy atom. The molecule has 0 aliphatic carbocycles. The molecule has 0 saturated carbocycles. The van der Waals surface area contributed by atoms with Gasteiger partial charge in [0.2, 0.25) is 0 Å². The molecule has 1 unspecified atom stereocenters. The summed E-state index contributed by atoms with van der Waals surface area (Å²) in [5.41, 5.74) is 0.854. The summed E-state index contributed by atoms with van der Waals surface area (Å²) < 4.78 is 18.5. The number of halogens is 2. The quantitative estimate of drug-likeness (QED) is 0.733. The van der Waals surface area contributed by atoms with E-state index in [9.17, 15) is 4.39 Å². The van der Waals surface area contributed by atoms with E-state index in [0.29, 0.717) is 11.1 Å². The fourth-order valence-electron chi connectivity index (χ4n) is 1.89. The van der Waals surface area contributed by atoms with E-state index in [0.717, 1.165) is 38.0 Å². The first kappa shape index (κ1) is 15.4. The molecule has 0 fully saturated rings. The van der Waals surface area contributed by atoms with Gasteiger partial charge in [-0.1, -0.05) is 11.6 Å². The largest absolute Gasteiger partial charge is 0.382 e. The number of hydrogen-bond donors (Lipinski definition) is 1. The molecule has 1 aromatic rings. The summed E-state index contributed by atoms with van der Waals surface area (Å²) in [5, 5.41) is 3.86. The van der Waals surface area contributed by atoms with Crippen molar-refractivity contribution in [2.24, 2.45) is 0 Å². The topological polar surface area (TPSA) is 21.3 Å². The molecule has 0 bridgehead atoms. The molecule has 1 rings (SSSR count). The number of nitrogens with one attached hydrogen (secondary N) is 1. The van der Waals surface area contributed by atoms with Crippen LogP contribution in [0.3, 0.4) is 0 Å². The molecule has 0 amide bonds. The Morgan fingerprint density at radius 1 is 1.44 bits per heavy atom. The third-order valence-corrected chi connectivity index (χ3v) is 3.30. The predicted molar refractivity (Wildman–Crippen MR) is 73.7 cm³/mol. The minimum absolute atomic E-state index is 0.237. The van der Waals surface area contributed by atoms with Crippen LogP contribution in [0.25, 0.3) is 0 Å². The van der Waals surface area contributed by atoms with Crippen molar-refractivity contribution in [2.75, 3.05) is 20.3 Å². The average molecular weight is 274 g/mol. The lowest BCUT2D eigenvalue weighted by Crippen LogP contribution is -2.28. The van der Waals surface area contributed by atoms with Gasteiger partial charge in [-0.05, 0) is 57.0 Å². The number of likely N-dealkylation sites (N-methyl/N-ethyl adjacent to an activating group) is 1. The fraction of sp³-hybridized carbons (Fsp3) is 0.571. The molecule has 2 nitrogen and oxygen atoms in total. The summed E-state index contributed by atoms with van der Waals surface area (Å²) in [6, 6.07) is 4.80. The maximum Gasteiger partial charge on any atom is 0.123 e. The van der Waals surface area contributed by atoms with Crippen LogP contribution in [0.4, 0.5) is 4.39 Å². The number of rotatable bonds is 8. The minimum Gasteiger partial charge on any atom is -0.382 e. The summed E-state index contributed by atoms with van der Waals surface area (Å²) in [4.78, 5) is 0. The summed E-state index contributed by atoms with van der Waals surface area (Å²) in [5.74, 6) is -0.237. The lowest BCUT2D eigenvalue weighted by molar-refractivity contribution is 0.141. The van der Waals surface area contributed by atoms with Crippen molar-refractivity contribution in [3.63, 3.8) is 0 Å². The van der Waals surface area contributed by atoms with E-state index < -0.39 is 0 Å². The molecular weight excluding hydrogens is 253 g/mol. The third-order valence-electron chi connectivity index (χ3n) is 2.93. The molecule has 0 heterocycles. The van der Waals surface area contributed by atoms with Crippen LogP contribution in [0.1, 0.15) is 25.3 Å². The van der Waals surface area contributed by atoms with Gasteiger partial charge in [-0.25, -0.2) is 4.39 Å². The van der Waals surface area contributed by atoms with Gasteiger partial charge in [-0.15, -0.1) is 0 Å². The average Bonchev–Trinajstić information content (AvgIpc) is 2.37. The van der Waals surface area contributed by atoms with Gasteiger partial charge in [0.25, 0.3) is 0 Å². The van der Waals surface area contributed by atoms with Crippen molar-refractivity contribution >= 4 is 11.6 Å². The highest BCUT2D eigenvalue weighted by Crippen LogP contribution is 2.19. The zero-order valence-electron chi connectivity index (χ0n) is 11.0. The van der Waals surface area contributed by atoms with E-state index in [4.69, 9.17) is 16.3 Å². The normalized spacial score (nSPS) is 12.7. The second-order valence-corrected chi connectivity index (χ2v) is 4.67. The van der Waals surface area contributed by atoms with Crippen molar-refractivity contribution in [3.05, 3.63) is 34.6 Å². The van der Waals surface area contributed by atoms with E-state index in [-0.39, 0.29) is 5.82 Å². The third kappa shape index (κ3) is 5.34. The predicted octanol–water partition coefficient (Wildman–Crippen LogP) is 3.43. The molecule has 102 valence electrons. The molecular formula is C14H21ClFNO. The first-order valence-corrected chi connectivity index (χ1v) is 6.74. The highest BCUT2D eigenvalue weighted by Gasteiger charge is 2.10. The van der Waals surface area contributed by atoms with Crippen molar-refractivity contribution in [3.8, 4) is 0 Å². The highest BCUT2D eigenvalue weighted by molar-refractivity contribution is 6.31. The van der Waals surface area contributed by atoms with Crippen LogP contribution in [-0.4, -0.2) is 26.3 Å². The summed E-state index contributed by atoms with van der Waals surface area (Å²) in [6.45, 7) is 3.51. The van der Waals surface area contributed by atoms with Crippen molar-refractivity contribution < 1.29 is 9.13 Å². The van der Waals surface area contributed by atoms with E-state index in [1.54, 1.807) is 6.07 Å². The lowest BCUT2D eigenvalue weighted by atomic mass is 10.0. The monoisotopic (exact) mass is 273 g/mol. The van der Waals surface area contributed by atoms with E-state index in [1.807, 2.05) is 14.0 Å². The molecule has 0 saturated heterocycles. The SMILES string of the molecule is CCOCCCC(Cc1cc(F)ccc1Cl)NC. The Bertz CT molecular complexity index is 360. The second kappa shape index (κ2) is 8.46. The van der Waals surface area contributed by atoms with E-state index in [1.165, 1.54) is 12.1 Å². The number of hydrogen-bond acceptors (Lipinski definition) is 2. The Balaban J connectivity index is 2.48. The van der Waals surface area contributed by atoms with Crippen molar-refractivity contribution in [1.82, 2.24) is 5.32 Å². The number of ether oxygens (including phenoxy) is 1. The maximum atomic E-state index is 13.2. The van der Waals surface area contributed by atoms with Gasteiger partial charge in [0.05, 0.1) is 0 Å². The Kier molecular flexibility index (Phi) is 7.25. The first-order chi connectivity index (χ1) is 8.67. The molecule has 0 spiro atoms. The second-order valence-electron chi connectivity index (χ2n) is 4.26. The summed E-state index contributed by atoms with van der Waals surface area (Å²) >= 11 is 6.06. The fourth-order valence-corrected chi connectivity index (χ4v) is 2.08. The van der Waals surface area contributed by atoms with Crippen LogP contribution in [0.15, 0.2) is 18.2 Å². The smallest absolute Gasteiger partial charge is 0.123 e. The summed E-state index contributed by atoms with van der Waals surface area (Å²) in [6.07, 6.45) is 2.72. The summed E-state index contributed by atoms with van der Waals surface area (Å²) in [7, 11) is 1.92. The highest BCUT2D eigenvalue weighted by atomic mass is 35.5. The zero-order chi connectivity index (χ0) is 13.4. The van der Waals surface area contributed by atoms with Crippen molar-refractivity contribution in [2.45, 2.75) is 32.2 Å². The van der Waals surface area contributed by atoms with Gasteiger partial charge >= 0.3 is 0 Å². The molecule has 0 aromatic heterocycles. The van der Waals surface area contributed by atoms with Gasteiger partial charge in [0.1, 0.15) is 5.82 Å². The standard InChI is InChI=1S/C14H21ClFNO/c1-3-18-8-4-5-13(17-2)10-11-9-12(16)6-7-14(11)15/h6-7,9,13,17H,3-5,8,10H2,1-2H3. The maximum absolute atomic E-state index is 13.2. The van der Waals surface area contributed by atoms with Crippen LogP contribution >= 0.6 is 11.6 Å². The Hall–Kier alpha value is -0.640. The molecule has 4 heteroatoms. The van der Waals surface area contributed by atoms with Crippen LogP contribution in [0.2, 0.25) is 5.02 Å². The first-order valence-electron chi connectivity index (χ1n) is 6.36. The van der Waals surface area contributed by atoms with E-state index >= 15 is 0 Å². The van der Waals surface area contributed by atoms with Gasteiger partial charge in [-0.2, -0.15) is 0 Å². The number of benzene rings is 1. The molecule has 0 radical (unpaired) electrons. The lowest BCUT2D eigenvalue weighted by Gasteiger charge is -2.17. The Morgan fingerprint density at radius 2 is 2.22 bits per heavy atom. The van der Waals surface area contributed by atoms with Crippen LogP contribution in [-0.2, 0) is 11.2 Å². The van der Waals surface area contributed by atoms with Gasteiger partial charge < -0.3 is 10.1 Å². The van der Waals surface area contributed by atoms with Crippen molar-refractivity contribution in [1.29, 1.82) is 0 Å². The molecule has 0 aliphatic heterocycles. The minimum atomic E-state index is -0.237. The molecule has 18 heavy (non-hydrogen) atoms. The Labute approximate surface area is 113 Å².